The molecule has 2 rings (SSSR count). The maximum atomic E-state index is 13.7. The second-order valence-electron chi connectivity index (χ2n) is 4.86. The van der Waals surface area contributed by atoms with Crippen molar-refractivity contribution < 1.29 is 14.0 Å². The zero-order chi connectivity index (χ0) is 15.6. The number of primary amides is 1. The zero-order valence-corrected chi connectivity index (χ0v) is 12.5. The van der Waals surface area contributed by atoms with Crippen LogP contribution in [-0.4, -0.2) is 29.9 Å². The number of benzene rings is 1. The summed E-state index contributed by atoms with van der Waals surface area (Å²) >= 11 is 11.5. The number of urea groups is 1. The molecule has 3 amide bonds. The fourth-order valence-corrected chi connectivity index (χ4v) is 2.52. The Balaban J connectivity index is 2.07. The number of nitrogens with two attached hydrogens (primary N) is 1. The lowest BCUT2D eigenvalue weighted by Gasteiger charge is -2.31. The van der Waals surface area contributed by atoms with Crippen LogP contribution < -0.4 is 11.1 Å². The van der Waals surface area contributed by atoms with Crippen LogP contribution in [0.3, 0.4) is 0 Å². The van der Waals surface area contributed by atoms with Gasteiger partial charge in [-0.3, -0.25) is 4.79 Å². The van der Waals surface area contributed by atoms with Crippen molar-refractivity contribution >= 4 is 40.8 Å². The molecule has 1 aliphatic heterocycles. The van der Waals surface area contributed by atoms with Gasteiger partial charge in [0, 0.05) is 13.1 Å². The van der Waals surface area contributed by atoms with E-state index in [-0.39, 0.29) is 28.2 Å². The predicted molar refractivity (Wildman–Crippen MR) is 78.9 cm³/mol. The van der Waals surface area contributed by atoms with Gasteiger partial charge in [-0.25, -0.2) is 9.18 Å². The predicted octanol–water partition coefficient (Wildman–Crippen LogP) is 2.86. The van der Waals surface area contributed by atoms with E-state index < -0.39 is 17.8 Å². The van der Waals surface area contributed by atoms with E-state index in [1.165, 1.54) is 11.0 Å². The first kappa shape index (κ1) is 15.9. The Hall–Kier alpha value is -1.53. The maximum Gasteiger partial charge on any atom is 0.321 e. The Kier molecular flexibility index (Phi) is 4.90. The van der Waals surface area contributed by atoms with Crippen LogP contribution in [0.25, 0.3) is 0 Å². The molecule has 1 atom stereocenters. The molecule has 0 spiro atoms. The third kappa shape index (κ3) is 3.77. The summed E-state index contributed by atoms with van der Waals surface area (Å²) in [6.07, 6.45) is 1.32. The molecule has 3 N–H and O–H groups in total. The zero-order valence-electron chi connectivity index (χ0n) is 11.0. The van der Waals surface area contributed by atoms with Crippen LogP contribution in [0.4, 0.5) is 14.9 Å². The topological polar surface area (TPSA) is 75.4 Å². The fourth-order valence-electron chi connectivity index (χ4n) is 2.21. The first-order chi connectivity index (χ1) is 9.88. The minimum Gasteiger partial charge on any atom is -0.369 e. The molecule has 0 bridgehead atoms. The number of rotatable bonds is 2. The summed E-state index contributed by atoms with van der Waals surface area (Å²) in [6, 6.07) is 1.77. The highest BCUT2D eigenvalue weighted by molar-refractivity contribution is 6.42. The highest BCUT2D eigenvalue weighted by Gasteiger charge is 2.27. The van der Waals surface area contributed by atoms with Crippen LogP contribution in [0.2, 0.25) is 10.0 Å². The summed E-state index contributed by atoms with van der Waals surface area (Å²) in [4.78, 5) is 24.7. The SMILES string of the molecule is NC(=O)C1CCCN(C(=O)Nc2cc(Cl)c(Cl)cc2F)C1. The quantitative estimate of drug-likeness (QED) is 0.816. The maximum absolute atomic E-state index is 13.7. The van der Waals surface area contributed by atoms with Crippen LogP contribution in [0.5, 0.6) is 0 Å². The number of anilines is 1. The van der Waals surface area contributed by atoms with Gasteiger partial charge in [0.1, 0.15) is 5.82 Å². The van der Waals surface area contributed by atoms with E-state index in [0.29, 0.717) is 19.4 Å². The highest BCUT2D eigenvalue weighted by Crippen LogP contribution is 2.28. The Morgan fingerprint density at radius 1 is 1.33 bits per heavy atom. The molecular formula is C13H14Cl2FN3O2. The van der Waals surface area contributed by atoms with Gasteiger partial charge in [0.15, 0.2) is 0 Å². The lowest BCUT2D eigenvalue weighted by atomic mass is 9.98. The summed E-state index contributed by atoms with van der Waals surface area (Å²) in [5, 5.41) is 2.63. The van der Waals surface area contributed by atoms with Crippen molar-refractivity contribution in [2.75, 3.05) is 18.4 Å². The van der Waals surface area contributed by atoms with Crippen LogP contribution >= 0.6 is 23.2 Å². The van der Waals surface area contributed by atoms with E-state index in [1.54, 1.807) is 0 Å². The summed E-state index contributed by atoms with van der Waals surface area (Å²) in [5.74, 6) is -1.49. The first-order valence-corrected chi connectivity index (χ1v) is 7.14. The largest absolute Gasteiger partial charge is 0.369 e. The lowest BCUT2D eigenvalue weighted by Crippen LogP contribution is -2.45. The van der Waals surface area contributed by atoms with Crippen molar-refractivity contribution in [3.8, 4) is 0 Å². The summed E-state index contributed by atoms with van der Waals surface area (Å²) in [7, 11) is 0. The molecule has 0 aliphatic carbocycles. The van der Waals surface area contributed by atoms with Crippen molar-refractivity contribution in [2.45, 2.75) is 12.8 Å². The van der Waals surface area contributed by atoms with E-state index in [9.17, 15) is 14.0 Å². The normalized spacial score (nSPS) is 18.4. The first-order valence-electron chi connectivity index (χ1n) is 6.38. The monoisotopic (exact) mass is 333 g/mol. The summed E-state index contributed by atoms with van der Waals surface area (Å²) in [5.41, 5.74) is 5.19. The number of hydrogen-bond acceptors (Lipinski definition) is 2. The third-order valence-corrected chi connectivity index (χ3v) is 4.08. The average Bonchev–Trinajstić information content (AvgIpc) is 2.44. The van der Waals surface area contributed by atoms with E-state index in [0.717, 1.165) is 6.07 Å². The second kappa shape index (κ2) is 6.49. The number of amides is 3. The number of carbonyl (C=O) groups excluding carboxylic acids is 2. The molecule has 1 heterocycles. The Labute approximate surface area is 131 Å². The molecule has 1 aromatic carbocycles. The molecule has 1 unspecified atom stereocenters. The van der Waals surface area contributed by atoms with Gasteiger partial charge in [-0.05, 0) is 25.0 Å². The van der Waals surface area contributed by atoms with Gasteiger partial charge in [-0.15, -0.1) is 0 Å². The Bertz CT molecular complexity index is 583. The molecule has 5 nitrogen and oxygen atoms in total. The lowest BCUT2D eigenvalue weighted by molar-refractivity contribution is -0.123. The second-order valence-corrected chi connectivity index (χ2v) is 5.68. The molecule has 21 heavy (non-hydrogen) atoms. The molecule has 8 heteroatoms. The molecule has 1 saturated heterocycles. The molecule has 1 aromatic rings. The molecule has 0 saturated carbocycles. The highest BCUT2D eigenvalue weighted by atomic mass is 35.5. The number of nitrogens with one attached hydrogen (secondary N) is 1. The van der Waals surface area contributed by atoms with E-state index in [2.05, 4.69) is 5.32 Å². The minimum atomic E-state index is -0.679. The Morgan fingerprint density at radius 2 is 2.00 bits per heavy atom. The summed E-state index contributed by atoms with van der Waals surface area (Å²) in [6.45, 7) is 0.711. The Morgan fingerprint density at radius 3 is 2.67 bits per heavy atom. The van der Waals surface area contributed by atoms with E-state index in [1.807, 2.05) is 0 Å². The van der Waals surface area contributed by atoms with E-state index in [4.69, 9.17) is 28.9 Å². The number of halogens is 3. The van der Waals surface area contributed by atoms with Gasteiger partial charge >= 0.3 is 6.03 Å². The number of piperidine rings is 1. The van der Waals surface area contributed by atoms with Crippen LogP contribution in [-0.2, 0) is 4.79 Å². The van der Waals surface area contributed by atoms with Crippen molar-refractivity contribution in [1.82, 2.24) is 4.90 Å². The fraction of sp³-hybridized carbons (Fsp3) is 0.385. The number of nitrogens with zero attached hydrogens (tertiary/aromatic N) is 1. The molecule has 114 valence electrons. The smallest absolute Gasteiger partial charge is 0.321 e. The minimum absolute atomic E-state index is 0.0596. The van der Waals surface area contributed by atoms with Crippen molar-refractivity contribution in [2.24, 2.45) is 11.7 Å². The van der Waals surface area contributed by atoms with Gasteiger partial charge in [-0.2, -0.15) is 0 Å². The van der Waals surface area contributed by atoms with Gasteiger partial charge in [0.05, 0.1) is 21.7 Å². The standard InChI is InChI=1S/C13H14Cl2FN3O2/c14-8-4-10(16)11(5-9(8)15)18-13(21)19-3-1-2-7(6-19)12(17)20/h4-5,7H,1-3,6H2,(H2,17,20)(H,18,21). The van der Waals surface area contributed by atoms with E-state index >= 15 is 0 Å². The van der Waals surface area contributed by atoms with Crippen LogP contribution in [0, 0.1) is 11.7 Å². The van der Waals surface area contributed by atoms with Gasteiger partial charge < -0.3 is 16.0 Å². The van der Waals surface area contributed by atoms with Crippen LogP contribution in [0.1, 0.15) is 12.8 Å². The van der Waals surface area contributed by atoms with Crippen molar-refractivity contribution in [3.63, 3.8) is 0 Å². The van der Waals surface area contributed by atoms with Gasteiger partial charge in [-0.1, -0.05) is 23.2 Å². The molecule has 1 fully saturated rings. The number of carbonyl (C=O) groups is 2. The van der Waals surface area contributed by atoms with Crippen LogP contribution in [0.15, 0.2) is 12.1 Å². The van der Waals surface area contributed by atoms with Crippen molar-refractivity contribution in [1.29, 1.82) is 0 Å². The molecule has 0 radical (unpaired) electrons. The van der Waals surface area contributed by atoms with Gasteiger partial charge in [0.2, 0.25) is 5.91 Å². The summed E-state index contributed by atoms with van der Waals surface area (Å²) < 4.78 is 13.7. The molecular weight excluding hydrogens is 320 g/mol. The number of likely N-dealkylation sites (tertiary alicyclic amines) is 1. The molecule has 1 aliphatic rings. The molecule has 0 aromatic heterocycles. The van der Waals surface area contributed by atoms with Gasteiger partial charge in [0.25, 0.3) is 0 Å². The van der Waals surface area contributed by atoms with Crippen molar-refractivity contribution in [3.05, 3.63) is 28.0 Å². The average molecular weight is 334 g/mol. The third-order valence-electron chi connectivity index (χ3n) is 3.36. The number of hydrogen-bond donors (Lipinski definition) is 2.